The molecule has 2 atom stereocenters. The molecule has 5 aromatic carbocycles. The predicted octanol–water partition coefficient (Wildman–Crippen LogP) is 11.4. The average molecular weight is 668 g/mol. The summed E-state index contributed by atoms with van der Waals surface area (Å²) < 4.78 is 23.6. The molecule has 0 aliphatic carbocycles. The van der Waals surface area contributed by atoms with Gasteiger partial charge in [-0.05, 0) is 104 Å². The number of benzene rings is 5. The van der Waals surface area contributed by atoms with Gasteiger partial charge < -0.3 is 23.8 Å². The van der Waals surface area contributed by atoms with Crippen LogP contribution in [0, 0.1) is 0 Å². The Hall–Kier alpha value is -5.10. The van der Waals surface area contributed by atoms with Crippen molar-refractivity contribution in [2.75, 3.05) is 19.1 Å². The number of nitrogens with zero attached hydrogens (tertiary/aromatic N) is 1. The van der Waals surface area contributed by atoms with Crippen molar-refractivity contribution >= 4 is 23.5 Å². The third-order valence-corrected chi connectivity index (χ3v) is 8.26. The minimum absolute atomic E-state index is 0.0373. The zero-order valence-corrected chi connectivity index (χ0v) is 30.0. The number of rotatable bonds is 16. The molecule has 258 valence electrons. The topological polar surface area (TPSA) is 40.2 Å². The van der Waals surface area contributed by atoms with Crippen molar-refractivity contribution in [3.8, 4) is 11.5 Å². The Morgan fingerprint density at radius 3 is 1.48 bits per heavy atom. The van der Waals surface area contributed by atoms with Crippen LogP contribution in [-0.2, 0) is 16.0 Å². The van der Waals surface area contributed by atoms with Crippen molar-refractivity contribution in [1.82, 2.24) is 0 Å². The predicted molar refractivity (Wildman–Crippen MR) is 207 cm³/mol. The molecule has 0 N–H and O–H groups in total. The lowest BCUT2D eigenvalue weighted by Crippen LogP contribution is -2.16. The lowest BCUT2D eigenvalue weighted by molar-refractivity contribution is 0.0350. The second-order valence-electron chi connectivity index (χ2n) is 12.7. The molecule has 0 fully saturated rings. The lowest BCUT2D eigenvalue weighted by Gasteiger charge is -2.26. The summed E-state index contributed by atoms with van der Waals surface area (Å²) in [5.41, 5.74) is 7.71. The fraction of sp³-hybridized carbons (Fsp3) is 0.244. The molecule has 0 saturated heterocycles. The molecule has 0 saturated carbocycles. The maximum absolute atomic E-state index is 6.43. The van der Waals surface area contributed by atoms with E-state index in [2.05, 4.69) is 160 Å². The number of methoxy groups -OCH3 is 2. The molecule has 0 spiro atoms. The van der Waals surface area contributed by atoms with Gasteiger partial charge in [0.1, 0.15) is 23.7 Å². The Kier molecular flexibility index (Phi) is 13.1. The van der Waals surface area contributed by atoms with Gasteiger partial charge in [0.05, 0.1) is 26.4 Å². The minimum atomic E-state index is -0.243. The van der Waals surface area contributed by atoms with Gasteiger partial charge in [0, 0.05) is 17.9 Å². The fourth-order valence-corrected chi connectivity index (χ4v) is 5.76. The van der Waals surface area contributed by atoms with Gasteiger partial charge in [0.15, 0.2) is 0 Å². The molecule has 0 amide bonds. The second-order valence-corrected chi connectivity index (χ2v) is 12.7. The summed E-state index contributed by atoms with van der Waals surface area (Å²) in [5, 5.41) is 0. The molecule has 0 aliphatic heterocycles. The van der Waals surface area contributed by atoms with Gasteiger partial charge in [-0.15, -0.1) is 0 Å². The number of ether oxygens (including phenoxy) is 4. The number of anilines is 2. The third-order valence-electron chi connectivity index (χ3n) is 8.26. The Labute approximate surface area is 298 Å². The summed E-state index contributed by atoms with van der Waals surface area (Å²) in [6.45, 7) is 8.98. The normalized spacial score (nSPS) is 12.9. The van der Waals surface area contributed by atoms with Crippen molar-refractivity contribution in [3.63, 3.8) is 0 Å². The smallest absolute Gasteiger partial charge is 0.118 e. The maximum Gasteiger partial charge on any atom is 0.118 e. The molecule has 5 aromatic rings. The van der Waals surface area contributed by atoms with Crippen molar-refractivity contribution < 1.29 is 18.9 Å². The van der Waals surface area contributed by atoms with Crippen molar-refractivity contribution in [2.45, 2.75) is 58.7 Å². The molecule has 0 aliphatic rings. The van der Waals surface area contributed by atoms with E-state index in [-0.39, 0.29) is 24.4 Å². The molecule has 5 rings (SSSR count). The summed E-state index contributed by atoms with van der Waals surface area (Å²) in [6, 6.07) is 43.9. The van der Waals surface area contributed by atoms with Gasteiger partial charge in [-0.3, -0.25) is 0 Å². The quantitative estimate of drug-likeness (QED) is 0.105. The summed E-state index contributed by atoms with van der Waals surface area (Å²) in [4.78, 5) is 2.35. The molecule has 5 nitrogen and oxygen atoms in total. The van der Waals surface area contributed by atoms with Crippen LogP contribution < -0.4 is 14.4 Å². The number of hydrogen-bond acceptors (Lipinski definition) is 5. The molecule has 0 radical (unpaired) electrons. The second kappa shape index (κ2) is 18.1. The van der Waals surface area contributed by atoms with Crippen LogP contribution in [0.15, 0.2) is 140 Å². The Morgan fingerprint density at radius 1 is 0.520 bits per heavy atom. The first-order chi connectivity index (χ1) is 24.3. The van der Waals surface area contributed by atoms with E-state index < -0.39 is 0 Å². The van der Waals surface area contributed by atoms with Crippen LogP contribution in [0.4, 0.5) is 11.4 Å². The molecule has 5 heteroatoms. The van der Waals surface area contributed by atoms with E-state index in [0.29, 0.717) is 0 Å². The van der Waals surface area contributed by atoms with Gasteiger partial charge in [0.2, 0.25) is 0 Å². The van der Waals surface area contributed by atoms with Crippen LogP contribution >= 0.6 is 0 Å². The standard InChI is InChI=1S/C45H49NO4/c1-33(2)49-44(37-18-25-42(47-5)26-19-37)29-22-36-17-24-41(46(40-15-11-8-12-16-40)32-35-13-9-7-10-14-35)31-39(36)23-30-45(50-34(3)4)38-20-27-43(48-6)28-21-38/h7-31,33-34,44-45H,32H2,1-6H3/b29-22+,30-23+. The molecule has 50 heavy (non-hydrogen) atoms. The third kappa shape index (κ3) is 10.2. The number of hydrogen-bond donors (Lipinski definition) is 0. The summed E-state index contributed by atoms with van der Waals surface area (Å²) >= 11 is 0. The van der Waals surface area contributed by atoms with Crippen LogP contribution in [0.1, 0.15) is 67.7 Å². The Bertz CT molecular complexity index is 1800. The van der Waals surface area contributed by atoms with E-state index in [1.54, 1.807) is 14.2 Å². The van der Waals surface area contributed by atoms with Crippen LogP contribution in [0.2, 0.25) is 0 Å². The molecular formula is C45H49NO4. The highest BCUT2D eigenvalue weighted by atomic mass is 16.5. The molecule has 0 aromatic heterocycles. The van der Waals surface area contributed by atoms with Gasteiger partial charge in [-0.25, -0.2) is 0 Å². The van der Waals surface area contributed by atoms with Crippen LogP contribution in [0.25, 0.3) is 12.2 Å². The van der Waals surface area contributed by atoms with Gasteiger partial charge >= 0.3 is 0 Å². The molecular weight excluding hydrogens is 618 g/mol. The highest BCUT2D eigenvalue weighted by molar-refractivity contribution is 5.73. The zero-order chi connectivity index (χ0) is 35.3. The number of para-hydroxylation sites is 1. The van der Waals surface area contributed by atoms with E-state index >= 15 is 0 Å². The van der Waals surface area contributed by atoms with E-state index in [9.17, 15) is 0 Å². The first-order valence-electron chi connectivity index (χ1n) is 17.3. The van der Waals surface area contributed by atoms with E-state index in [0.717, 1.165) is 51.7 Å². The van der Waals surface area contributed by atoms with E-state index in [4.69, 9.17) is 18.9 Å². The van der Waals surface area contributed by atoms with Gasteiger partial charge in [0.25, 0.3) is 0 Å². The monoisotopic (exact) mass is 667 g/mol. The van der Waals surface area contributed by atoms with Crippen LogP contribution in [0.3, 0.4) is 0 Å². The van der Waals surface area contributed by atoms with E-state index in [1.807, 2.05) is 24.3 Å². The largest absolute Gasteiger partial charge is 0.497 e. The maximum atomic E-state index is 6.43. The Balaban J connectivity index is 1.58. The summed E-state index contributed by atoms with van der Waals surface area (Å²) in [7, 11) is 3.36. The molecule has 2 unspecified atom stereocenters. The van der Waals surface area contributed by atoms with Gasteiger partial charge in [-0.1, -0.05) is 103 Å². The highest BCUT2D eigenvalue weighted by Crippen LogP contribution is 2.33. The van der Waals surface area contributed by atoms with Crippen molar-refractivity contribution in [3.05, 3.63) is 167 Å². The zero-order valence-electron chi connectivity index (χ0n) is 30.0. The van der Waals surface area contributed by atoms with Crippen LogP contribution in [0.5, 0.6) is 11.5 Å². The average Bonchev–Trinajstić information content (AvgIpc) is 3.15. The van der Waals surface area contributed by atoms with E-state index in [1.165, 1.54) is 5.56 Å². The first kappa shape index (κ1) is 36.2. The molecule has 0 heterocycles. The minimum Gasteiger partial charge on any atom is -0.497 e. The summed E-state index contributed by atoms with van der Waals surface area (Å²) in [6.07, 6.45) is 8.24. The van der Waals surface area contributed by atoms with Gasteiger partial charge in [-0.2, -0.15) is 0 Å². The lowest BCUT2D eigenvalue weighted by atomic mass is 10.0. The van der Waals surface area contributed by atoms with Crippen molar-refractivity contribution in [2.24, 2.45) is 0 Å². The van der Waals surface area contributed by atoms with Crippen molar-refractivity contribution in [1.29, 1.82) is 0 Å². The SMILES string of the molecule is COc1ccc(C(/C=C/c2ccc(N(Cc3ccccc3)c3ccccc3)cc2/C=C/C(OC(C)C)c2ccc(OC)cc2)OC(C)C)cc1. The van der Waals surface area contributed by atoms with Crippen LogP contribution in [-0.4, -0.2) is 26.4 Å². The Morgan fingerprint density at radius 2 is 1.00 bits per heavy atom. The first-order valence-corrected chi connectivity index (χ1v) is 17.3. The highest BCUT2D eigenvalue weighted by Gasteiger charge is 2.16. The summed E-state index contributed by atoms with van der Waals surface area (Å²) in [5.74, 6) is 1.63. The fourth-order valence-electron chi connectivity index (χ4n) is 5.76. The molecule has 0 bridgehead atoms.